The first-order valence-corrected chi connectivity index (χ1v) is 12.3. The van der Waals surface area contributed by atoms with Gasteiger partial charge < -0.3 is 9.64 Å². The van der Waals surface area contributed by atoms with E-state index < -0.39 is 21.7 Å². The lowest BCUT2D eigenvalue weighted by Gasteiger charge is -2.28. The number of nitrogens with zero attached hydrogens (tertiary/aromatic N) is 1. The minimum absolute atomic E-state index is 0.0542. The Morgan fingerprint density at radius 3 is 2.09 bits per heavy atom. The zero-order valence-corrected chi connectivity index (χ0v) is 18.5. The first kappa shape index (κ1) is 22.7. The summed E-state index contributed by atoms with van der Waals surface area (Å²) >= 11 is 0. The molecule has 8 heteroatoms. The number of benzene rings is 3. The third kappa shape index (κ3) is 5.46. The predicted octanol–water partition coefficient (Wildman–Crippen LogP) is 3.66. The number of rotatable bonds is 7. The molecule has 1 saturated heterocycles. The van der Waals surface area contributed by atoms with Crippen LogP contribution in [-0.4, -0.2) is 44.3 Å². The van der Waals surface area contributed by atoms with Crippen LogP contribution in [0, 0.1) is 5.82 Å². The number of hydrogen-bond acceptors (Lipinski definition) is 5. The van der Waals surface area contributed by atoms with E-state index in [1.165, 1.54) is 29.2 Å². The molecule has 3 aromatic rings. The molecule has 1 heterocycles. The normalized spacial score (nSPS) is 16.8. The maximum Gasteiger partial charge on any atom is 0.265 e. The van der Waals surface area contributed by atoms with Crippen LogP contribution in [0.5, 0.6) is 5.75 Å². The van der Waals surface area contributed by atoms with Crippen molar-refractivity contribution >= 4 is 27.2 Å². The summed E-state index contributed by atoms with van der Waals surface area (Å²) in [5.41, 5.74) is 1.39. The molecule has 1 amide bonds. The molecule has 0 aliphatic carbocycles. The molecule has 0 aromatic heterocycles. The number of para-hydroxylation sites is 1. The van der Waals surface area contributed by atoms with Crippen molar-refractivity contribution in [3.05, 3.63) is 95.8 Å². The summed E-state index contributed by atoms with van der Waals surface area (Å²) in [7, 11) is -3.17. The summed E-state index contributed by atoms with van der Waals surface area (Å²) < 4.78 is 42.6. The molecule has 33 heavy (non-hydrogen) atoms. The van der Waals surface area contributed by atoms with E-state index in [-0.39, 0.29) is 29.8 Å². The minimum atomic E-state index is -3.17. The zero-order chi connectivity index (χ0) is 23.4. The Bertz CT molecular complexity index is 1240. The zero-order valence-electron chi connectivity index (χ0n) is 17.7. The number of ketones is 1. The molecule has 0 radical (unpaired) electrons. The van der Waals surface area contributed by atoms with Crippen LogP contribution in [0.1, 0.15) is 22.3 Å². The molecular weight excluding hydrogens is 445 g/mol. The van der Waals surface area contributed by atoms with Crippen molar-refractivity contribution in [2.75, 3.05) is 23.0 Å². The molecule has 1 aliphatic rings. The van der Waals surface area contributed by atoms with Gasteiger partial charge in [0.15, 0.2) is 22.2 Å². The highest BCUT2D eigenvalue weighted by molar-refractivity contribution is 7.91. The highest BCUT2D eigenvalue weighted by Crippen LogP contribution is 2.25. The lowest BCUT2D eigenvalue weighted by Crippen LogP contribution is -2.43. The monoisotopic (exact) mass is 467 g/mol. The maximum atomic E-state index is 13.1. The Morgan fingerprint density at radius 2 is 1.52 bits per heavy atom. The SMILES string of the molecule is O=C(c1ccc(F)cc1)c1ccc(OCC(=O)N(c2ccccc2)[C@H]2CCS(=O)(=O)C2)cc1. The van der Waals surface area contributed by atoms with Gasteiger partial charge in [0.1, 0.15) is 11.6 Å². The molecule has 6 nitrogen and oxygen atoms in total. The van der Waals surface area contributed by atoms with Crippen molar-refractivity contribution in [3.8, 4) is 5.75 Å². The van der Waals surface area contributed by atoms with Crippen LogP contribution < -0.4 is 9.64 Å². The fourth-order valence-electron chi connectivity index (χ4n) is 3.81. The van der Waals surface area contributed by atoms with Crippen LogP contribution in [-0.2, 0) is 14.6 Å². The van der Waals surface area contributed by atoms with Crippen LogP contribution in [0.3, 0.4) is 0 Å². The summed E-state index contributed by atoms with van der Waals surface area (Å²) in [6.07, 6.45) is 0.378. The molecular formula is C25H22FNO5S. The van der Waals surface area contributed by atoms with Crippen LogP contribution in [0.2, 0.25) is 0 Å². The lowest BCUT2D eigenvalue weighted by atomic mass is 10.0. The molecule has 0 N–H and O–H groups in total. The maximum absolute atomic E-state index is 13.1. The highest BCUT2D eigenvalue weighted by atomic mass is 32.2. The van der Waals surface area contributed by atoms with Gasteiger partial charge in [-0.1, -0.05) is 18.2 Å². The van der Waals surface area contributed by atoms with E-state index in [0.717, 1.165) is 0 Å². The molecule has 170 valence electrons. The Balaban J connectivity index is 1.44. The van der Waals surface area contributed by atoms with Gasteiger partial charge in [-0.25, -0.2) is 12.8 Å². The van der Waals surface area contributed by atoms with Crippen molar-refractivity contribution in [1.82, 2.24) is 0 Å². The number of anilines is 1. The van der Waals surface area contributed by atoms with Gasteiger partial charge in [0, 0.05) is 16.8 Å². The van der Waals surface area contributed by atoms with Gasteiger partial charge in [0.2, 0.25) is 0 Å². The third-order valence-corrected chi connectivity index (χ3v) is 7.21. The first-order valence-electron chi connectivity index (χ1n) is 10.4. The van der Waals surface area contributed by atoms with Crippen molar-refractivity contribution in [2.24, 2.45) is 0 Å². The number of ether oxygens (including phenoxy) is 1. The lowest BCUT2D eigenvalue weighted by molar-refractivity contribution is -0.121. The number of carbonyl (C=O) groups excluding carboxylic acids is 2. The van der Waals surface area contributed by atoms with Gasteiger partial charge in [-0.15, -0.1) is 0 Å². The largest absolute Gasteiger partial charge is 0.484 e. The number of amides is 1. The summed E-state index contributed by atoms with van der Waals surface area (Å²) in [6.45, 7) is -0.281. The summed E-state index contributed by atoms with van der Waals surface area (Å²) in [5, 5.41) is 0. The number of carbonyl (C=O) groups is 2. The Labute approximate surface area is 191 Å². The first-order chi connectivity index (χ1) is 15.8. The molecule has 1 atom stereocenters. The van der Waals surface area contributed by atoms with E-state index in [0.29, 0.717) is 29.0 Å². The van der Waals surface area contributed by atoms with Gasteiger partial charge in [0.25, 0.3) is 5.91 Å². The quantitative estimate of drug-likeness (QED) is 0.496. The summed E-state index contributed by atoms with van der Waals surface area (Å²) in [6, 6.07) is 20.1. The number of sulfone groups is 1. The van der Waals surface area contributed by atoms with Crippen molar-refractivity contribution in [3.63, 3.8) is 0 Å². The van der Waals surface area contributed by atoms with E-state index >= 15 is 0 Å². The van der Waals surface area contributed by atoms with Crippen LogP contribution in [0.4, 0.5) is 10.1 Å². The molecule has 0 spiro atoms. The van der Waals surface area contributed by atoms with E-state index in [9.17, 15) is 22.4 Å². The summed E-state index contributed by atoms with van der Waals surface area (Å²) in [5.74, 6) is -0.650. The fourth-order valence-corrected chi connectivity index (χ4v) is 5.51. The van der Waals surface area contributed by atoms with Gasteiger partial charge in [0.05, 0.1) is 17.5 Å². The summed E-state index contributed by atoms with van der Waals surface area (Å²) in [4.78, 5) is 27.0. The van der Waals surface area contributed by atoms with Gasteiger partial charge in [-0.2, -0.15) is 0 Å². The molecule has 1 aliphatic heterocycles. The predicted molar refractivity (Wildman–Crippen MR) is 123 cm³/mol. The molecule has 0 bridgehead atoms. The van der Waals surface area contributed by atoms with Gasteiger partial charge >= 0.3 is 0 Å². The minimum Gasteiger partial charge on any atom is -0.484 e. The van der Waals surface area contributed by atoms with Crippen molar-refractivity contribution < 1.29 is 27.1 Å². The molecule has 4 rings (SSSR count). The van der Waals surface area contributed by atoms with E-state index in [2.05, 4.69) is 0 Å². The van der Waals surface area contributed by atoms with Crippen LogP contribution >= 0.6 is 0 Å². The highest BCUT2D eigenvalue weighted by Gasteiger charge is 2.35. The van der Waals surface area contributed by atoms with E-state index in [1.54, 1.807) is 48.5 Å². The molecule has 3 aromatic carbocycles. The Hall–Kier alpha value is -3.52. The standard InChI is InChI=1S/C25H22FNO5S/c26-20-10-6-18(7-11-20)25(29)19-8-12-23(13-9-19)32-16-24(28)27(21-4-2-1-3-5-21)22-14-15-33(30,31)17-22/h1-13,22H,14-17H2/t22-/m0/s1. The third-order valence-electron chi connectivity index (χ3n) is 5.46. The topological polar surface area (TPSA) is 80.8 Å². The van der Waals surface area contributed by atoms with Crippen molar-refractivity contribution in [1.29, 1.82) is 0 Å². The number of hydrogen-bond donors (Lipinski definition) is 0. The average Bonchev–Trinajstić information content (AvgIpc) is 3.18. The molecule has 1 fully saturated rings. The van der Waals surface area contributed by atoms with E-state index in [4.69, 9.17) is 4.74 Å². The average molecular weight is 468 g/mol. The van der Waals surface area contributed by atoms with Crippen LogP contribution in [0.15, 0.2) is 78.9 Å². The second kappa shape index (κ2) is 9.54. The Morgan fingerprint density at radius 1 is 0.909 bits per heavy atom. The molecule has 0 saturated carbocycles. The second-order valence-corrected chi connectivity index (χ2v) is 10.0. The smallest absolute Gasteiger partial charge is 0.265 e. The Kier molecular flexibility index (Phi) is 6.55. The number of halogens is 1. The van der Waals surface area contributed by atoms with Crippen LogP contribution in [0.25, 0.3) is 0 Å². The van der Waals surface area contributed by atoms with Crippen molar-refractivity contribution in [2.45, 2.75) is 12.5 Å². The van der Waals surface area contributed by atoms with E-state index in [1.807, 2.05) is 6.07 Å². The fraction of sp³-hybridized carbons (Fsp3) is 0.200. The van der Waals surface area contributed by atoms with Gasteiger partial charge in [-0.05, 0) is 67.1 Å². The molecule has 0 unspecified atom stereocenters. The second-order valence-electron chi connectivity index (χ2n) is 7.81. The van der Waals surface area contributed by atoms with Gasteiger partial charge in [-0.3, -0.25) is 9.59 Å².